The van der Waals surface area contributed by atoms with Crippen LogP contribution in [0.5, 0.6) is 0 Å². The van der Waals surface area contributed by atoms with Crippen LogP contribution >= 0.6 is 0 Å². The van der Waals surface area contributed by atoms with Crippen LogP contribution in [-0.4, -0.2) is 43.3 Å². The third-order valence-electron chi connectivity index (χ3n) is 3.63. The van der Waals surface area contributed by atoms with Crippen molar-refractivity contribution < 1.29 is 4.74 Å². The van der Waals surface area contributed by atoms with Crippen molar-refractivity contribution in [3.63, 3.8) is 0 Å². The molecule has 88 valence electrons. The van der Waals surface area contributed by atoms with E-state index in [0.717, 1.165) is 19.6 Å². The van der Waals surface area contributed by atoms with E-state index in [1.165, 1.54) is 45.2 Å². The van der Waals surface area contributed by atoms with Crippen molar-refractivity contribution in [3.8, 4) is 0 Å². The normalized spacial score (nSPS) is 33.4. The number of likely N-dealkylation sites (tertiary alicyclic amines) is 1. The quantitative estimate of drug-likeness (QED) is 0.765. The second-order valence-corrected chi connectivity index (χ2v) is 4.97. The van der Waals surface area contributed by atoms with Gasteiger partial charge >= 0.3 is 0 Å². The van der Waals surface area contributed by atoms with Gasteiger partial charge in [-0.3, -0.25) is 0 Å². The molecule has 2 unspecified atom stereocenters. The van der Waals surface area contributed by atoms with Gasteiger partial charge in [0.05, 0.1) is 12.7 Å². The number of nitrogens with zero attached hydrogens (tertiary/aromatic N) is 1. The zero-order valence-corrected chi connectivity index (χ0v) is 9.66. The first-order valence-electron chi connectivity index (χ1n) is 6.44. The molecule has 1 aliphatic carbocycles. The fourth-order valence-electron chi connectivity index (χ4n) is 2.69. The first-order valence-corrected chi connectivity index (χ1v) is 6.44. The van der Waals surface area contributed by atoms with Crippen LogP contribution in [0.4, 0.5) is 0 Å². The molecule has 1 saturated heterocycles. The van der Waals surface area contributed by atoms with Crippen molar-refractivity contribution in [2.75, 3.05) is 26.2 Å². The highest BCUT2D eigenvalue weighted by molar-refractivity contribution is 4.75. The van der Waals surface area contributed by atoms with Gasteiger partial charge in [0.1, 0.15) is 0 Å². The molecule has 0 radical (unpaired) electrons. The Labute approximate surface area is 93.0 Å². The molecule has 2 rings (SSSR count). The van der Waals surface area contributed by atoms with E-state index >= 15 is 0 Å². The highest BCUT2D eigenvalue weighted by Gasteiger charge is 2.20. The minimum atomic E-state index is 0.385. The largest absolute Gasteiger partial charge is 0.377 e. The number of rotatable bonds is 4. The van der Waals surface area contributed by atoms with E-state index in [4.69, 9.17) is 10.5 Å². The highest BCUT2D eigenvalue weighted by atomic mass is 16.5. The molecular formula is C12H24N2O. The molecule has 1 aliphatic heterocycles. The Morgan fingerprint density at radius 2 is 1.93 bits per heavy atom. The molecule has 0 amide bonds. The van der Waals surface area contributed by atoms with Crippen LogP contribution in [0.3, 0.4) is 0 Å². The van der Waals surface area contributed by atoms with Crippen molar-refractivity contribution in [1.82, 2.24) is 4.90 Å². The smallest absolute Gasteiger partial charge is 0.0597 e. The van der Waals surface area contributed by atoms with Gasteiger partial charge in [-0.25, -0.2) is 0 Å². The summed E-state index contributed by atoms with van der Waals surface area (Å²) in [5.41, 5.74) is 5.93. The number of nitrogens with two attached hydrogens (primary N) is 1. The average molecular weight is 212 g/mol. The van der Waals surface area contributed by atoms with Gasteiger partial charge in [0.15, 0.2) is 0 Å². The highest BCUT2D eigenvalue weighted by Crippen LogP contribution is 2.19. The van der Waals surface area contributed by atoms with Crippen LogP contribution < -0.4 is 5.73 Å². The monoisotopic (exact) mass is 212 g/mol. The topological polar surface area (TPSA) is 38.5 Å². The summed E-state index contributed by atoms with van der Waals surface area (Å²) in [5.74, 6) is 0. The molecule has 2 N–H and O–H groups in total. The first-order chi connectivity index (χ1) is 7.34. The zero-order valence-electron chi connectivity index (χ0n) is 9.66. The van der Waals surface area contributed by atoms with Crippen molar-refractivity contribution in [2.24, 2.45) is 5.73 Å². The van der Waals surface area contributed by atoms with E-state index in [1.807, 2.05) is 0 Å². The SMILES string of the molecule is NC1CCCC(OCCN2CCCC2)C1. The van der Waals surface area contributed by atoms with Gasteiger partial charge < -0.3 is 15.4 Å². The Kier molecular flexibility index (Phi) is 4.42. The van der Waals surface area contributed by atoms with E-state index in [1.54, 1.807) is 0 Å². The maximum Gasteiger partial charge on any atom is 0.0597 e. The summed E-state index contributed by atoms with van der Waals surface area (Å²) in [5, 5.41) is 0. The Bertz CT molecular complexity index is 180. The van der Waals surface area contributed by atoms with Gasteiger partial charge in [-0.1, -0.05) is 0 Å². The molecule has 0 aromatic rings. The Hall–Kier alpha value is -0.120. The summed E-state index contributed by atoms with van der Waals surface area (Å²) in [6, 6.07) is 0.385. The van der Waals surface area contributed by atoms with Gasteiger partial charge in [0.2, 0.25) is 0 Å². The van der Waals surface area contributed by atoms with Crippen LogP contribution in [0.25, 0.3) is 0 Å². The predicted molar refractivity (Wildman–Crippen MR) is 61.9 cm³/mol. The van der Waals surface area contributed by atoms with Gasteiger partial charge in [-0.2, -0.15) is 0 Å². The molecule has 2 fully saturated rings. The molecule has 0 aromatic heterocycles. The lowest BCUT2D eigenvalue weighted by atomic mass is 9.94. The fourth-order valence-corrected chi connectivity index (χ4v) is 2.69. The number of ether oxygens (including phenoxy) is 1. The lowest BCUT2D eigenvalue weighted by Gasteiger charge is -2.27. The van der Waals surface area contributed by atoms with Crippen molar-refractivity contribution in [3.05, 3.63) is 0 Å². The van der Waals surface area contributed by atoms with Crippen molar-refractivity contribution in [2.45, 2.75) is 50.7 Å². The fraction of sp³-hybridized carbons (Fsp3) is 1.00. The third-order valence-corrected chi connectivity index (χ3v) is 3.63. The molecule has 3 heteroatoms. The second kappa shape index (κ2) is 5.83. The molecule has 0 bridgehead atoms. The van der Waals surface area contributed by atoms with Crippen molar-refractivity contribution in [1.29, 1.82) is 0 Å². The standard InChI is InChI=1S/C12H24N2O/c13-11-4-3-5-12(10-11)15-9-8-14-6-1-2-7-14/h11-12H,1-10,13H2. The van der Waals surface area contributed by atoms with Crippen LogP contribution in [-0.2, 0) is 4.74 Å². The molecule has 2 aliphatic rings. The molecular weight excluding hydrogens is 188 g/mol. The van der Waals surface area contributed by atoms with Crippen LogP contribution in [0.15, 0.2) is 0 Å². The molecule has 3 nitrogen and oxygen atoms in total. The maximum absolute atomic E-state index is 5.93. The molecule has 15 heavy (non-hydrogen) atoms. The molecule has 1 saturated carbocycles. The minimum absolute atomic E-state index is 0.385. The average Bonchev–Trinajstić information content (AvgIpc) is 2.71. The van der Waals surface area contributed by atoms with Crippen molar-refractivity contribution >= 4 is 0 Å². The second-order valence-electron chi connectivity index (χ2n) is 4.97. The maximum atomic E-state index is 5.93. The molecule has 1 heterocycles. The Morgan fingerprint density at radius 3 is 2.67 bits per heavy atom. The first kappa shape index (κ1) is 11.4. The summed E-state index contributed by atoms with van der Waals surface area (Å²) < 4.78 is 5.89. The van der Waals surface area contributed by atoms with E-state index < -0.39 is 0 Å². The summed E-state index contributed by atoms with van der Waals surface area (Å²) in [6.45, 7) is 4.56. The van der Waals surface area contributed by atoms with E-state index in [9.17, 15) is 0 Å². The van der Waals surface area contributed by atoms with Gasteiger partial charge in [-0.15, -0.1) is 0 Å². The Balaban J connectivity index is 1.56. The molecule has 0 aromatic carbocycles. The molecule has 0 spiro atoms. The zero-order chi connectivity index (χ0) is 10.5. The summed E-state index contributed by atoms with van der Waals surface area (Å²) >= 11 is 0. The summed E-state index contributed by atoms with van der Waals surface area (Å²) in [7, 11) is 0. The molecule has 2 atom stereocenters. The number of hydrogen-bond acceptors (Lipinski definition) is 3. The van der Waals surface area contributed by atoms with Crippen LogP contribution in [0.2, 0.25) is 0 Å². The van der Waals surface area contributed by atoms with Crippen LogP contribution in [0.1, 0.15) is 38.5 Å². The number of hydrogen-bond donors (Lipinski definition) is 1. The minimum Gasteiger partial charge on any atom is -0.377 e. The van der Waals surface area contributed by atoms with Gasteiger partial charge in [-0.05, 0) is 51.6 Å². The van der Waals surface area contributed by atoms with E-state index in [0.29, 0.717) is 12.1 Å². The van der Waals surface area contributed by atoms with Gasteiger partial charge in [0, 0.05) is 12.6 Å². The van der Waals surface area contributed by atoms with E-state index in [-0.39, 0.29) is 0 Å². The predicted octanol–water partition coefficient (Wildman–Crippen LogP) is 1.37. The third kappa shape index (κ3) is 3.74. The summed E-state index contributed by atoms with van der Waals surface area (Å²) in [4.78, 5) is 2.50. The van der Waals surface area contributed by atoms with Gasteiger partial charge in [0.25, 0.3) is 0 Å². The lowest BCUT2D eigenvalue weighted by Crippen LogP contribution is -2.34. The van der Waals surface area contributed by atoms with E-state index in [2.05, 4.69) is 4.90 Å². The lowest BCUT2D eigenvalue weighted by molar-refractivity contribution is 0.0145. The summed E-state index contributed by atoms with van der Waals surface area (Å²) in [6.07, 6.45) is 7.90. The Morgan fingerprint density at radius 1 is 1.13 bits per heavy atom. The van der Waals surface area contributed by atoms with Crippen LogP contribution in [0, 0.1) is 0 Å².